The van der Waals surface area contributed by atoms with Gasteiger partial charge in [-0.2, -0.15) is 0 Å². The number of anilines is 2. The number of carbonyl (C=O) groups is 1. The zero-order valence-electron chi connectivity index (χ0n) is 14.1. The molecule has 0 aromatic carbocycles. The Labute approximate surface area is 140 Å². The summed E-state index contributed by atoms with van der Waals surface area (Å²) in [5, 5.41) is 9.50. The van der Waals surface area contributed by atoms with E-state index in [-0.39, 0.29) is 6.03 Å². The first kappa shape index (κ1) is 16.3. The predicted octanol–water partition coefficient (Wildman–Crippen LogP) is 3.93. The van der Waals surface area contributed by atoms with Gasteiger partial charge in [0.15, 0.2) is 5.76 Å². The van der Waals surface area contributed by atoms with Crippen molar-refractivity contribution in [1.82, 2.24) is 10.1 Å². The molecule has 7 heteroatoms. The number of aromatic nitrogens is 2. The average Bonchev–Trinajstić information content (AvgIpc) is 3.32. The highest BCUT2D eigenvalue weighted by Crippen LogP contribution is 2.44. The first-order valence-corrected chi connectivity index (χ1v) is 8.16. The lowest BCUT2D eigenvalue weighted by atomic mass is 10.2. The lowest BCUT2D eigenvalue weighted by molar-refractivity contribution is 0.260. The predicted molar refractivity (Wildman–Crippen MR) is 90.4 cm³/mol. The van der Waals surface area contributed by atoms with Crippen LogP contribution >= 0.6 is 0 Å². The SMILES string of the molecule is Cc1noc(C2CC2)c1NC(=O)Nc1ccc(OCC(C)C)nc1. The van der Waals surface area contributed by atoms with E-state index in [1.807, 2.05) is 6.92 Å². The Hall–Kier alpha value is -2.57. The molecule has 1 fully saturated rings. The first-order chi connectivity index (χ1) is 11.5. The molecule has 1 saturated carbocycles. The quantitative estimate of drug-likeness (QED) is 0.837. The minimum Gasteiger partial charge on any atom is -0.477 e. The molecule has 0 unspecified atom stereocenters. The van der Waals surface area contributed by atoms with E-state index in [1.165, 1.54) is 0 Å². The molecule has 3 rings (SSSR count). The fourth-order valence-electron chi connectivity index (χ4n) is 2.23. The van der Waals surface area contributed by atoms with Crippen molar-refractivity contribution in [3.8, 4) is 5.88 Å². The zero-order valence-corrected chi connectivity index (χ0v) is 14.1. The Morgan fingerprint density at radius 2 is 2.17 bits per heavy atom. The minimum atomic E-state index is -0.346. The van der Waals surface area contributed by atoms with Gasteiger partial charge in [-0.25, -0.2) is 9.78 Å². The molecule has 2 amide bonds. The number of hydrogen-bond acceptors (Lipinski definition) is 5. The molecular weight excluding hydrogens is 308 g/mol. The van der Waals surface area contributed by atoms with Gasteiger partial charge in [-0.05, 0) is 31.7 Å². The number of pyridine rings is 1. The molecule has 2 aromatic rings. The second-order valence-corrected chi connectivity index (χ2v) is 6.45. The highest BCUT2D eigenvalue weighted by Gasteiger charge is 2.32. The van der Waals surface area contributed by atoms with Crippen LogP contribution in [0.2, 0.25) is 0 Å². The van der Waals surface area contributed by atoms with Crippen LogP contribution in [0.15, 0.2) is 22.9 Å². The Balaban J connectivity index is 1.58. The summed E-state index contributed by atoms with van der Waals surface area (Å²) in [7, 11) is 0. The van der Waals surface area contributed by atoms with Gasteiger partial charge in [-0.1, -0.05) is 19.0 Å². The van der Waals surface area contributed by atoms with Crippen LogP contribution in [0.5, 0.6) is 5.88 Å². The van der Waals surface area contributed by atoms with Gasteiger partial charge in [-0.3, -0.25) is 0 Å². The van der Waals surface area contributed by atoms with Crippen LogP contribution < -0.4 is 15.4 Å². The van der Waals surface area contributed by atoms with Crippen molar-refractivity contribution in [3.63, 3.8) is 0 Å². The zero-order chi connectivity index (χ0) is 17.1. The molecule has 128 valence electrons. The van der Waals surface area contributed by atoms with Gasteiger partial charge >= 0.3 is 6.03 Å². The van der Waals surface area contributed by atoms with E-state index < -0.39 is 0 Å². The van der Waals surface area contributed by atoms with Crippen molar-refractivity contribution in [1.29, 1.82) is 0 Å². The van der Waals surface area contributed by atoms with E-state index in [1.54, 1.807) is 18.3 Å². The van der Waals surface area contributed by atoms with Gasteiger partial charge in [0.2, 0.25) is 5.88 Å². The van der Waals surface area contributed by atoms with Gasteiger partial charge in [0.25, 0.3) is 0 Å². The van der Waals surface area contributed by atoms with Crippen LogP contribution in [0, 0.1) is 12.8 Å². The molecule has 0 aliphatic heterocycles. The molecule has 0 spiro atoms. The third-order valence-electron chi connectivity index (χ3n) is 3.63. The second-order valence-electron chi connectivity index (χ2n) is 6.45. The number of aryl methyl sites for hydroxylation is 1. The number of ether oxygens (including phenoxy) is 1. The van der Waals surface area contributed by atoms with E-state index >= 15 is 0 Å². The highest BCUT2D eigenvalue weighted by atomic mass is 16.5. The van der Waals surface area contributed by atoms with Crippen LogP contribution in [-0.2, 0) is 0 Å². The number of rotatable bonds is 6. The monoisotopic (exact) mass is 330 g/mol. The fourth-order valence-corrected chi connectivity index (χ4v) is 2.23. The standard InChI is InChI=1S/C17H22N4O3/c1-10(2)9-23-14-7-6-13(8-18-14)19-17(22)20-15-11(3)21-24-16(15)12-4-5-12/h6-8,10,12H,4-5,9H2,1-3H3,(H2,19,20,22). The maximum Gasteiger partial charge on any atom is 0.323 e. The number of urea groups is 1. The number of nitrogens with one attached hydrogen (secondary N) is 2. The summed E-state index contributed by atoms with van der Waals surface area (Å²) in [6, 6.07) is 3.14. The lowest BCUT2D eigenvalue weighted by Gasteiger charge is -2.09. The molecule has 0 atom stereocenters. The number of carbonyl (C=O) groups excluding carboxylic acids is 1. The third-order valence-corrected chi connectivity index (χ3v) is 3.63. The van der Waals surface area contributed by atoms with E-state index in [9.17, 15) is 4.79 Å². The summed E-state index contributed by atoms with van der Waals surface area (Å²) in [4.78, 5) is 16.4. The van der Waals surface area contributed by atoms with Gasteiger partial charge in [0.1, 0.15) is 11.4 Å². The largest absolute Gasteiger partial charge is 0.477 e. The summed E-state index contributed by atoms with van der Waals surface area (Å²) >= 11 is 0. The van der Waals surface area contributed by atoms with E-state index in [0.717, 1.165) is 18.6 Å². The average molecular weight is 330 g/mol. The second kappa shape index (κ2) is 6.90. The number of hydrogen-bond donors (Lipinski definition) is 2. The molecule has 0 bridgehead atoms. The van der Waals surface area contributed by atoms with Crippen molar-refractivity contribution >= 4 is 17.4 Å². The maximum atomic E-state index is 12.2. The Morgan fingerprint density at radius 3 is 2.79 bits per heavy atom. The fraction of sp³-hybridized carbons (Fsp3) is 0.471. The van der Waals surface area contributed by atoms with Crippen molar-refractivity contribution in [2.24, 2.45) is 5.92 Å². The lowest BCUT2D eigenvalue weighted by Crippen LogP contribution is -2.20. The highest BCUT2D eigenvalue weighted by molar-refractivity contribution is 6.00. The van der Waals surface area contributed by atoms with E-state index in [0.29, 0.717) is 41.4 Å². The summed E-state index contributed by atoms with van der Waals surface area (Å²) in [6.07, 6.45) is 3.72. The van der Waals surface area contributed by atoms with Crippen LogP contribution in [0.4, 0.5) is 16.2 Å². The normalized spacial score (nSPS) is 13.8. The van der Waals surface area contributed by atoms with Crippen LogP contribution in [0.25, 0.3) is 0 Å². The first-order valence-electron chi connectivity index (χ1n) is 8.16. The molecule has 2 heterocycles. The van der Waals surface area contributed by atoms with Crippen molar-refractivity contribution < 1.29 is 14.1 Å². The maximum absolute atomic E-state index is 12.2. The molecular formula is C17H22N4O3. The summed E-state index contributed by atoms with van der Waals surface area (Å²) < 4.78 is 10.8. The molecule has 2 aromatic heterocycles. The molecule has 0 saturated heterocycles. The Morgan fingerprint density at radius 1 is 1.38 bits per heavy atom. The third kappa shape index (κ3) is 4.04. The summed E-state index contributed by atoms with van der Waals surface area (Å²) in [6.45, 7) is 6.57. The molecule has 24 heavy (non-hydrogen) atoms. The molecule has 0 radical (unpaired) electrons. The number of nitrogens with zero attached hydrogens (tertiary/aromatic N) is 2. The van der Waals surface area contributed by atoms with E-state index in [4.69, 9.17) is 9.26 Å². The van der Waals surface area contributed by atoms with Crippen LogP contribution in [-0.4, -0.2) is 22.8 Å². The van der Waals surface area contributed by atoms with Crippen LogP contribution in [0.3, 0.4) is 0 Å². The number of amides is 2. The molecule has 1 aliphatic carbocycles. The molecule has 1 aliphatic rings. The summed E-state index contributed by atoms with van der Waals surface area (Å²) in [5.41, 5.74) is 1.94. The summed E-state index contributed by atoms with van der Waals surface area (Å²) in [5.74, 6) is 2.11. The van der Waals surface area contributed by atoms with Crippen molar-refractivity contribution in [2.75, 3.05) is 17.2 Å². The minimum absolute atomic E-state index is 0.346. The van der Waals surface area contributed by atoms with E-state index in [2.05, 4.69) is 34.6 Å². The smallest absolute Gasteiger partial charge is 0.323 e. The Kier molecular flexibility index (Phi) is 4.69. The topological polar surface area (TPSA) is 89.3 Å². The molecule has 2 N–H and O–H groups in total. The van der Waals surface area contributed by atoms with Gasteiger partial charge in [0, 0.05) is 12.0 Å². The van der Waals surface area contributed by atoms with Gasteiger partial charge in [0.05, 0.1) is 18.5 Å². The van der Waals surface area contributed by atoms with Crippen LogP contribution in [0.1, 0.15) is 44.1 Å². The van der Waals surface area contributed by atoms with Gasteiger partial charge in [-0.15, -0.1) is 0 Å². The Bertz CT molecular complexity index is 705. The van der Waals surface area contributed by atoms with Crippen molar-refractivity contribution in [3.05, 3.63) is 29.8 Å². The molecule has 7 nitrogen and oxygen atoms in total. The van der Waals surface area contributed by atoms with Crippen molar-refractivity contribution in [2.45, 2.75) is 39.5 Å². The van der Waals surface area contributed by atoms with Gasteiger partial charge < -0.3 is 19.9 Å².